The first kappa shape index (κ1) is 22.9. The molecule has 5 rings (SSSR count). The SMILES string of the molecule is COc1cc(NC(=O)c2cc3c(C)nn(C4CCCCC4)c3s2)ccc1C(=O)N1CCOCC1. The number of morpholine rings is 1. The highest BCUT2D eigenvalue weighted by atomic mass is 32.1. The summed E-state index contributed by atoms with van der Waals surface area (Å²) in [6.45, 7) is 4.20. The van der Waals surface area contributed by atoms with E-state index in [9.17, 15) is 9.59 Å². The molecule has 0 spiro atoms. The zero-order valence-electron chi connectivity index (χ0n) is 19.6. The van der Waals surface area contributed by atoms with Gasteiger partial charge in [0.05, 0.1) is 42.5 Å². The third-order valence-electron chi connectivity index (χ3n) is 6.70. The van der Waals surface area contributed by atoms with Crippen LogP contribution in [0.25, 0.3) is 10.2 Å². The summed E-state index contributed by atoms with van der Waals surface area (Å²) in [6, 6.07) is 7.51. The van der Waals surface area contributed by atoms with Crippen LogP contribution in [0.4, 0.5) is 5.69 Å². The maximum atomic E-state index is 13.1. The Morgan fingerprint density at radius 2 is 1.91 bits per heavy atom. The molecule has 180 valence electrons. The normalized spacial score (nSPS) is 17.2. The second-order valence-corrected chi connectivity index (χ2v) is 9.96. The minimum absolute atomic E-state index is 0.0923. The molecular weight excluding hydrogens is 452 g/mol. The van der Waals surface area contributed by atoms with E-state index in [0.29, 0.717) is 54.2 Å². The van der Waals surface area contributed by atoms with E-state index < -0.39 is 0 Å². The molecule has 1 N–H and O–H groups in total. The highest BCUT2D eigenvalue weighted by Gasteiger charge is 2.24. The number of hydrogen-bond acceptors (Lipinski definition) is 6. The standard InChI is InChI=1S/C25H30N4O4S/c1-16-20-15-22(34-25(20)29(27-16)18-6-4-3-5-7-18)23(30)26-17-8-9-19(21(14-17)32-2)24(31)28-10-12-33-13-11-28/h8-9,14-15,18H,3-7,10-13H2,1-2H3,(H,26,30). The predicted molar refractivity (Wildman–Crippen MR) is 132 cm³/mol. The molecule has 3 aromatic rings. The number of methoxy groups -OCH3 is 1. The molecule has 2 aliphatic rings. The first-order valence-corrected chi connectivity index (χ1v) is 12.7. The maximum Gasteiger partial charge on any atom is 0.265 e. The Bertz CT molecular complexity index is 1210. The van der Waals surface area contributed by atoms with Crippen LogP contribution in [0.2, 0.25) is 0 Å². The van der Waals surface area contributed by atoms with Crippen molar-refractivity contribution < 1.29 is 19.1 Å². The molecule has 2 fully saturated rings. The molecule has 0 bridgehead atoms. The fourth-order valence-electron chi connectivity index (χ4n) is 4.83. The minimum Gasteiger partial charge on any atom is -0.496 e. The van der Waals surface area contributed by atoms with Crippen molar-refractivity contribution >= 4 is 39.1 Å². The summed E-state index contributed by atoms with van der Waals surface area (Å²) in [5.41, 5.74) is 2.03. The molecule has 0 atom stereocenters. The number of hydrogen-bond donors (Lipinski definition) is 1. The summed E-state index contributed by atoms with van der Waals surface area (Å²) in [7, 11) is 1.53. The van der Waals surface area contributed by atoms with E-state index in [2.05, 4.69) is 10.00 Å². The lowest BCUT2D eigenvalue weighted by Gasteiger charge is -2.27. The summed E-state index contributed by atoms with van der Waals surface area (Å²) in [4.78, 5) is 29.5. The van der Waals surface area contributed by atoms with Gasteiger partial charge in [-0.05, 0) is 38.0 Å². The highest BCUT2D eigenvalue weighted by molar-refractivity contribution is 7.20. The molecule has 34 heavy (non-hydrogen) atoms. The van der Waals surface area contributed by atoms with E-state index in [-0.39, 0.29) is 11.8 Å². The van der Waals surface area contributed by atoms with Crippen LogP contribution in [-0.2, 0) is 4.74 Å². The van der Waals surface area contributed by atoms with Crippen molar-refractivity contribution in [2.45, 2.75) is 45.1 Å². The van der Waals surface area contributed by atoms with Crippen LogP contribution in [-0.4, -0.2) is 59.9 Å². The van der Waals surface area contributed by atoms with Gasteiger partial charge in [0.2, 0.25) is 0 Å². The van der Waals surface area contributed by atoms with Crippen molar-refractivity contribution in [3.63, 3.8) is 0 Å². The predicted octanol–water partition coefficient (Wildman–Crippen LogP) is 4.64. The van der Waals surface area contributed by atoms with Gasteiger partial charge >= 0.3 is 0 Å². The number of aromatic nitrogens is 2. The summed E-state index contributed by atoms with van der Waals surface area (Å²) >= 11 is 1.49. The Hall–Kier alpha value is -2.91. The number of rotatable bonds is 5. The number of aryl methyl sites for hydroxylation is 1. The number of benzene rings is 1. The van der Waals surface area contributed by atoms with E-state index in [4.69, 9.17) is 14.6 Å². The molecule has 0 radical (unpaired) electrons. The zero-order valence-corrected chi connectivity index (χ0v) is 20.5. The number of thiophene rings is 1. The van der Waals surface area contributed by atoms with Crippen LogP contribution < -0.4 is 10.1 Å². The highest BCUT2D eigenvalue weighted by Crippen LogP contribution is 2.36. The van der Waals surface area contributed by atoms with Crippen molar-refractivity contribution in [3.05, 3.63) is 40.4 Å². The lowest BCUT2D eigenvalue weighted by atomic mass is 9.96. The van der Waals surface area contributed by atoms with Gasteiger partial charge in [0.1, 0.15) is 10.6 Å². The summed E-state index contributed by atoms with van der Waals surface area (Å²) in [5, 5.41) is 8.79. The Kier molecular flexibility index (Phi) is 6.56. The number of carbonyl (C=O) groups excluding carboxylic acids is 2. The largest absolute Gasteiger partial charge is 0.496 e. The second-order valence-electron chi connectivity index (χ2n) is 8.93. The van der Waals surface area contributed by atoms with E-state index in [1.165, 1.54) is 37.7 Å². The quantitative estimate of drug-likeness (QED) is 0.572. The van der Waals surface area contributed by atoms with E-state index >= 15 is 0 Å². The van der Waals surface area contributed by atoms with Gasteiger partial charge in [-0.1, -0.05) is 19.3 Å². The van der Waals surface area contributed by atoms with Crippen LogP contribution in [0.5, 0.6) is 5.75 Å². The van der Waals surface area contributed by atoms with Gasteiger partial charge in [-0.3, -0.25) is 14.3 Å². The number of carbonyl (C=O) groups is 2. The molecule has 1 saturated heterocycles. The van der Waals surface area contributed by atoms with Gasteiger partial charge in [0, 0.05) is 30.2 Å². The third kappa shape index (κ3) is 4.42. The molecule has 1 saturated carbocycles. The molecule has 8 nitrogen and oxygen atoms in total. The monoisotopic (exact) mass is 482 g/mol. The van der Waals surface area contributed by atoms with Crippen LogP contribution in [0.15, 0.2) is 24.3 Å². The zero-order chi connectivity index (χ0) is 23.7. The molecular formula is C25H30N4O4S. The summed E-state index contributed by atoms with van der Waals surface area (Å²) in [6.07, 6.45) is 6.04. The molecule has 1 aliphatic heterocycles. The molecule has 2 amide bonds. The fraction of sp³-hybridized carbons (Fsp3) is 0.480. The molecule has 2 aromatic heterocycles. The van der Waals surface area contributed by atoms with Crippen molar-refractivity contribution in [1.29, 1.82) is 0 Å². The van der Waals surface area contributed by atoms with Crippen molar-refractivity contribution in [3.8, 4) is 5.75 Å². The molecule has 3 heterocycles. The topological polar surface area (TPSA) is 85.7 Å². The fourth-order valence-corrected chi connectivity index (χ4v) is 5.96. The van der Waals surface area contributed by atoms with Gasteiger partial charge in [-0.15, -0.1) is 11.3 Å². The second kappa shape index (κ2) is 9.76. The van der Waals surface area contributed by atoms with Crippen molar-refractivity contribution in [2.75, 3.05) is 38.7 Å². The maximum absolute atomic E-state index is 13.1. The van der Waals surface area contributed by atoms with Gasteiger partial charge < -0.3 is 19.7 Å². The average Bonchev–Trinajstić information content (AvgIpc) is 3.45. The molecule has 0 unspecified atom stereocenters. The van der Waals surface area contributed by atoms with E-state index in [1.54, 1.807) is 23.1 Å². The van der Waals surface area contributed by atoms with Crippen LogP contribution in [0.3, 0.4) is 0 Å². The lowest BCUT2D eigenvalue weighted by molar-refractivity contribution is 0.0301. The van der Waals surface area contributed by atoms with Crippen LogP contribution in [0, 0.1) is 6.92 Å². The molecule has 1 aromatic carbocycles. The Morgan fingerprint density at radius 1 is 1.15 bits per heavy atom. The Morgan fingerprint density at radius 3 is 2.65 bits per heavy atom. The van der Waals surface area contributed by atoms with Crippen LogP contribution in [0.1, 0.15) is 63.9 Å². The van der Waals surface area contributed by atoms with E-state index in [0.717, 1.165) is 28.8 Å². The number of anilines is 1. The minimum atomic E-state index is -0.176. The number of fused-ring (bicyclic) bond motifs is 1. The first-order valence-electron chi connectivity index (χ1n) is 11.9. The Labute approximate surface area is 202 Å². The van der Waals surface area contributed by atoms with E-state index in [1.807, 2.05) is 13.0 Å². The number of amides is 2. The number of ether oxygens (including phenoxy) is 2. The summed E-state index contributed by atoms with van der Waals surface area (Å²) < 4.78 is 13.0. The van der Waals surface area contributed by atoms with Crippen molar-refractivity contribution in [2.24, 2.45) is 0 Å². The van der Waals surface area contributed by atoms with Gasteiger partial charge in [-0.25, -0.2) is 0 Å². The molecule has 9 heteroatoms. The third-order valence-corrected chi connectivity index (χ3v) is 7.82. The van der Waals surface area contributed by atoms with Gasteiger partial charge in [0.15, 0.2) is 0 Å². The lowest BCUT2D eigenvalue weighted by Crippen LogP contribution is -2.40. The van der Waals surface area contributed by atoms with Gasteiger partial charge in [-0.2, -0.15) is 5.10 Å². The average molecular weight is 483 g/mol. The number of nitrogens with one attached hydrogen (secondary N) is 1. The molecule has 1 aliphatic carbocycles. The Balaban J connectivity index is 1.35. The first-order chi connectivity index (χ1) is 16.5. The van der Waals surface area contributed by atoms with Crippen LogP contribution >= 0.6 is 11.3 Å². The van der Waals surface area contributed by atoms with Crippen molar-refractivity contribution in [1.82, 2.24) is 14.7 Å². The smallest absolute Gasteiger partial charge is 0.265 e. The summed E-state index contributed by atoms with van der Waals surface area (Å²) in [5.74, 6) is 0.171. The number of nitrogens with zero attached hydrogens (tertiary/aromatic N) is 3. The van der Waals surface area contributed by atoms with Gasteiger partial charge in [0.25, 0.3) is 11.8 Å².